The van der Waals surface area contributed by atoms with Gasteiger partial charge < -0.3 is 0 Å². The van der Waals surface area contributed by atoms with E-state index in [0.717, 1.165) is 0 Å². The van der Waals surface area contributed by atoms with Crippen LogP contribution in [0.15, 0.2) is 21.3 Å². The molecule has 0 aliphatic carbocycles. The number of rotatable bonds is 2. The van der Waals surface area contributed by atoms with Gasteiger partial charge in [0.2, 0.25) is 0 Å². The second kappa shape index (κ2) is 4.35. The minimum Gasteiger partial charge on any atom is -0.0931 e. The highest BCUT2D eigenvalue weighted by Gasteiger charge is 2.06. The van der Waals surface area contributed by atoms with Crippen molar-refractivity contribution in [3.8, 4) is 0 Å². The van der Waals surface area contributed by atoms with Crippen LogP contribution in [0, 0.1) is 11.8 Å². The van der Waals surface area contributed by atoms with E-state index < -0.39 is 0 Å². The lowest BCUT2D eigenvalue weighted by atomic mass is 9.98. The smallest absolute Gasteiger partial charge is 0.0214 e. The van der Waals surface area contributed by atoms with E-state index in [1.165, 1.54) is 0 Å². The van der Waals surface area contributed by atoms with Crippen LogP contribution in [-0.2, 0) is 0 Å². The molecule has 0 amide bonds. The molecule has 0 radical (unpaired) electrons. The van der Waals surface area contributed by atoms with Crippen molar-refractivity contribution in [3.05, 3.63) is 21.3 Å². The summed E-state index contributed by atoms with van der Waals surface area (Å²) in [4.78, 5) is 0. The first kappa shape index (κ1) is 10.2. The van der Waals surface area contributed by atoms with Gasteiger partial charge in [0.25, 0.3) is 0 Å². The molecule has 0 N–H and O–H groups in total. The van der Waals surface area contributed by atoms with Gasteiger partial charge in [0, 0.05) is 0 Å². The molecule has 0 aromatic carbocycles. The van der Waals surface area contributed by atoms with Gasteiger partial charge in [0.1, 0.15) is 0 Å². The summed E-state index contributed by atoms with van der Waals surface area (Å²) in [6.45, 7) is 9.09. The summed E-state index contributed by atoms with van der Waals surface area (Å²) in [7, 11) is 0. The summed E-state index contributed by atoms with van der Waals surface area (Å²) in [6.07, 6.45) is 2.37. The first-order valence-corrected chi connectivity index (χ1v) is 6.97. The maximum atomic E-state index is 2.44. The first-order valence-electron chi connectivity index (χ1n) is 4.48. The first-order chi connectivity index (χ1) is 5.61. The Hall–Kier alpha value is 0.0800. The Bertz CT molecular complexity index is 233. The highest BCUT2D eigenvalue weighted by Crippen LogP contribution is 2.25. The molecule has 0 nitrogen and oxygen atoms in total. The van der Waals surface area contributed by atoms with E-state index in [-0.39, 0.29) is 20.7 Å². The summed E-state index contributed by atoms with van der Waals surface area (Å²) in [5.74, 6) is 1.40. The number of hydrogen-bond acceptors (Lipinski definition) is 0. The lowest BCUT2D eigenvalue weighted by Gasteiger charge is -2.13. The second-order valence-electron chi connectivity index (χ2n) is 3.80. The van der Waals surface area contributed by atoms with Gasteiger partial charge in [-0.2, -0.15) is 0 Å². The van der Waals surface area contributed by atoms with Gasteiger partial charge >= 0.3 is 0 Å². The molecular weight excluding hydrogens is 259 g/mol. The predicted octanol–water partition coefficient (Wildman–Crippen LogP) is 3.90. The van der Waals surface area contributed by atoms with Crippen LogP contribution < -0.4 is 0 Å². The summed E-state index contributed by atoms with van der Waals surface area (Å²) >= 11 is 0.212. The minimum atomic E-state index is 0.212. The average molecular weight is 276 g/mol. The van der Waals surface area contributed by atoms with Gasteiger partial charge in [0.05, 0.1) is 0 Å². The van der Waals surface area contributed by atoms with Crippen molar-refractivity contribution < 1.29 is 0 Å². The fourth-order valence-electron chi connectivity index (χ4n) is 1.02. The zero-order chi connectivity index (χ0) is 9.14. The zero-order valence-corrected chi connectivity index (χ0v) is 10.4. The van der Waals surface area contributed by atoms with Gasteiger partial charge in [-0.05, 0) is 31.1 Å². The minimum absolute atomic E-state index is 0.212. The van der Waals surface area contributed by atoms with Crippen molar-refractivity contribution in [1.82, 2.24) is 0 Å². The van der Waals surface area contributed by atoms with Crippen LogP contribution in [0.3, 0.4) is 0 Å². The molecule has 1 rings (SSSR count). The normalized spacial score (nSPS) is 17.5. The Labute approximate surface area is 85.5 Å². The van der Waals surface area contributed by atoms with Gasteiger partial charge in [0.15, 0.2) is 0 Å². The molecule has 1 aliphatic rings. The topological polar surface area (TPSA) is 0 Å². The molecule has 68 valence electrons. The highest BCUT2D eigenvalue weighted by atomic mass is 127. The average Bonchev–Trinajstić information content (AvgIpc) is 2.04. The van der Waals surface area contributed by atoms with E-state index in [2.05, 4.69) is 41.9 Å². The third-order valence-corrected chi connectivity index (χ3v) is 4.20. The predicted molar refractivity (Wildman–Crippen MR) is 65.9 cm³/mol. The third-order valence-electron chi connectivity index (χ3n) is 2.04. The molecule has 0 spiro atoms. The van der Waals surface area contributed by atoms with E-state index in [4.69, 9.17) is 0 Å². The van der Waals surface area contributed by atoms with Crippen molar-refractivity contribution in [2.24, 2.45) is 11.8 Å². The molecule has 0 bridgehead atoms. The van der Waals surface area contributed by atoms with E-state index in [0.29, 0.717) is 11.8 Å². The van der Waals surface area contributed by atoms with Gasteiger partial charge in [-0.3, -0.25) is 0 Å². The van der Waals surface area contributed by atoms with Gasteiger partial charge in [-0.15, -0.1) is 0 Å². The molecule has 0 aromatic heterocycles. The molecule has 1 heteroatoms. The van der Waals surface area contributed by atoms with Gasteiger partial charge in [-0.1, -0.05) is 54.5 Å². The highest BCUT2D eigenvalue weighted by molar-refractivity contribution is 14.2. The maximum absolute atomic E-state index is 2.44. The van der Waals surface area contributed by atoms with Crippen LogP contribution in [-0.4, -0.2) is 4.01 Å². The van der Waals surface area contributed by atoms with E-state index in [9.17, 15) is 0 Å². The van der Waals surface area contributed by atoms with Gasteiger partial charge in [-0.25, -0.2) is 0 Å². The summed E-state index contributed by atoms with van der Waals surface area (Å²) < 4.78 is 4.88. The van der Waals surface area contributed by atoms with Crippen LogP contribution in [0.5, 0.6) is 0 Å². The number of allylic oxidation sites excluding steroid dienone is 3. The SMILES string of the molecule is CC(C)C1=CI=CC(C(C)C)=C1. The fourth-order valence-corrected chi connectivity index (χ4v) is 3.83. The Morgan fingerprint density at radius 1 is 1.00 bits per heavy atom. The third kappa shape index (κ3) is 2.54. The largest absolute Gasteiger partial charge is 0.0931 e. The van der Waals surface area contributed by atoms with Crippen molar-refractivity contribution in [2.75, 3.05) is 0 Å². The van der Waals surface area contributed by atoms with Crippen molar-refractivity contribution in [3.63, 3.8) is 0 Å². The monoisotopic (exact) mass is 276 g/mol. The molecule has 0 unspecified atom stereocenters. The molecule has 0 fully saturated rings. The molecule has 0 saturated carbocycles. The number of halogens is 1. The van der Waals surface area contributed by atoms with Crippen LogP contribution >= 0.6 is 20.7 Å². The molecule has 0 atom stereocenters. The van der Waals surface area contributed by atoms with E-state index in [1.54, 1.807) is 11.1 Å². The molecule has 1 heterocycles. The Kier molecular flexibility index (Phi) is 3.69. The van der Waals surface area contributed by atoms with E-state index >= 15 is 0 Å². The van der Waals surface area contributed by atoms with Crippen molar-refractivity contribution in [2.45, 2.75) is 27.7 Å². The lowest BCUT2D eigenvalue weighted by molar-refractivity contribution is 0.774. The van der Waals surface area contributed by atoms with Crippen molar-refractivity contribution >= 4 is 24.7 Å². The summed E-state index contributed by atoms with van der Waals surface area (Å²) in [5, 5.41) is 0. The number of hydrogen-bond donors (Lipinski definition) is 0. The molecular formula is C11H17I. The van der Waals surface area contributed by atoms with Crippen LogP contribution in [0.2, 0.25) is 0 Å². The van der Waals surface area contributed by atoms with Crippen molar-refractivity contribution in [1.29, 1.82) is 0 Å². The molecule has 12 heavy (non-hydrogen) atoms. The zero-order valence-electron chi connectivity index (χ0n) is 8.26. The maximum Gasteiger partial charge on any atom is -0.0214 e. The lowest BCUT2D eigenvalue weighted by Crippen LogP contribution is -2.00. The standard InChI is InChI=1S/C11H17I/c1-8(2)10-5-11(9(3)4)7-12-6-10/h5-9H,1-4H3. The summed E-state index contributed by atoms with van der Waals surface area (Å²) in [5.41, 5.74) is 3.10. The molecule has 1 aliphatic heterocycles. The van der Waals surface area contributed by atoms with Crippen LogP contribution in [0.25, 0.3) is 0 Å². The second-order valence-corrected chi connectivity index (χ2v) is 5.76. The van der Waals surface area contributed by atoms with Crippen LogP contribution in [0.4, 0.5) is 0 Å². The molecule has 0 aromatic rings. The van der Waals surface area contributed by atoms with Crippen LogP contribution in [0.1, 0.15) is 27.7 Å². The fraction of sp³-hybridized carbons (Fsp3) is 0.545. The molecule has 0 saturated heterocycles. The summed E-state index contributed by atoms with van der Waals surface area (Å²) in [6, 6.07) is 0. The Morgan fingerprint density at radius 2 is 1.58 bits per heavy atom. The Balaban J connectivity index is 2.84. The quantitative estimate of drug-likeness (QED) is 0.671. The Morgan fingerprint density at radius 3 is 2.08 bits per heavy atom. The van der Waals surface area contributed by atoms with E-state index in [1.807, 2.05) is 0 Å².